The second-order valence-corrected chi connectivity index (χ2v) is 7.79. The molecule has 0 aromatic rings. The fraction of sp³-hybridized carbons (Fsp3) is 1.00. The zero-order chi connectivity index (χ0) is 13.3. The summed E-state index contributed by atoms with van der Waals surface area (Å²) in [6, 6.07) is 0.459. The number of hydrazine groups is 1. The Balaban J connectivity index is 3.99. The van der Waals surface area contributed by atoms with Crippen LogP contribution in [0.5, 0.6) is 0 Å². The number of nitrogens with one attached hydrogen (secondary N) is 1. The van der Waals surface area contributed by atoms with Gasteiger partial charge < -0.3 is 0 Å². The van der Waals surface area contributed by atoms with Gasteiger partial charge in [0.05, 0.1) is 0 Å². The fourth-order valence-corrected chi connectivity index (χ4v) is 2.85. The molecule has 0 radical (unpaired) electrons. The summed E-state index contributed by atoms with van der Waals surface area (Å²) in [5.74, 6) is 7.61. The Bertz CT molecular complexity index is 178. The zero-order valence-corrected chi connectivity index (χ0v) is 13.2. The Morgan fingerprint density at radius 2 is 1.88 bits per heavy atom. The highest BCUT2D eigenvalue weighted by Crippen LogP contribution is 2.26. The van der Waals surface area contributed by atoms with E-state index >= 15 is 0 Å². The smallest absolute Gasteiger partial charge is 0.0303 e. The summed E-state index contributed by atoms with van der Waals surface area (Å²) in [5.41, 5.74) is 3.00. The molecule has 2 nitrogen and oxygen atoms in total. The van der Waals surface area contributed by atoms with Crippen molar-refractivity contribution in [3.63, 3.8) is 0 Å². The molecule has 0 aromatic heterocycles. The van der Waals surface area contributed by atoms with Gasteiger partial charge in [-0.15, -0.1) is 0 Å². The van der Waals surface area contributed by atoms with Crippen LogP contribution < -0.4 is 11.3 Å². The van der Waals surface area contributed by atoms with Gasteiger partial charge in [0, 0.05) is 16.5 Å². The van der Waals surface area contributed by atoms with Crippen molar-refractivity contribution in [3.05, 3.63) is 0 Å². The lowest BCUT2D eigenvalue weighted by Gasteiger charge is -2.25. The number of hydrogen-bond acceptors (Lipinski definition) is 3. The second-order valence-electron chi connectivity index (χ2n) is 5.94. The summed E-state index contributed by atoms with van der Waals surface area (Å²) in [7, 11) is 0. The molecule has 0 fully saturated rings. The van der Waals surface area contributed by atoms with Crippen molar-refractivity contribution in [3.8, 4) is 0 Å². The molecule has 0 bridgehead atoms. The molecule has 0 amide bonds. The lowest BCUT2D eigenvalue weighted by Crippen LogP contribution is -2.39. The molecule has 17 heavy (non-hydrogen) atoms. The summed E-state index contributed by atoms with van der Waals surface area (Å²) in [6.45, 7) is 11.4. The van der Waals surface area contributed by atoms with Crippen LogP contribution in [-0.4, -0.2) is 16.5 Å². The first-order chi connectivity index (χ1) is 7.92. The normalized spacial score (nSPS) is 15.9. The van der Waals surface area contributed by atoms with Crippen LogP contribution in [0.25, 0.3) is 0 Å². The van der Waals surface area contributed by atoms with Gasteiger partial charge in [-0.1, -0.05) is 60.3 Å². The maximum absolute atomic E-state index is 5.67. The molecule has 2 atom stereocenters. The standard InChI is InChI=1S/C14H32N2S/c1-6-8-9-12(7-2)10-13(16-15)11-17-14(3,4)5/h12-13,16H,6-11,15H2,1-5H3. The summed E-state index contributed by atoms with van der Waals surface area (Å²) < 4.78 is 0.334. The van der Waals surface area contributed by atoms with Crippen LogP contribution >= 0.6 is 11.8 Å². The van der Waals surface area contributed by atoms with E-state index in [1.54, 1.807) is 0 Å². The fourth-order valence-electron chi connectivity index (χ4n) is 1.92. The first-order valence-corrected chi connectivity index (χ1v) is 8.01. The zero-order valence-electron chi connectivity index (χ0n) is 12.4. The number of nitrogens with two attached hydrogens (primary N) is 1. The molecule has 3 heteroatoms. The monoisotopic (exact) mass is 260 g/mol. The van der Waals surface area contributed by atoms with Crippen LogP contribution in [0.2, 0.25) is 0 Å². The SMILES string of the molecule is CCCCC(CC)CC(CSC(C)(C)C)NN. The third-order valence-electron chi connectivity index (χ3n) is 3.11. The molecular weight excluding hydrogens is 228 g/mol. The highest BCUT2D eigenvalue weighted by Gasteiger charge is 2.18. The van der Waals surface area contributed by atoms with Crippen molar-refractivity contribution < 1.29 is 0 Å². The van der Waals surface area contributed by atoms with Crippen LogP contribution in [0.15, 0.2) is 0 Å². The molecule has 0 saturated carbocycles. The lowest BCUT2D eigenvalue weighted by atomic mass is 9.93. The van der Waals surface area contributed by atoms with Gasteiger partial charge in [-0.05, 0) is 12.3 Å². The highest BCUT2D eigenvalue weighted by molar-refractivity contribution is 8.00. The minimum atomic E-state index is 0.334. The Hall–Kier alpha value is 0.270. The summed E-state index contributed by atoms with van der Waals surface area (Å²) in [5, 5.41) is 0. The van der Waals surface area contributed by atoms with Crippen LogP contribution in [0.3, 0.4) is 0 Å². The van der Waals surface area contributed by atoms with Gasteiger partial charge in [0.25, 0.3) is 0 Å². The number of hydrogen-bond donors (Lipinski definition) is 2. The van der Waals surface area contributed by atoms with Gasteiger partial charge in [0.1, 0.15) is 0 Å². The van der Waals surface area contributed by atoms with Gasteiger partial charge >= 0.3 is 0 Å². The minimum absolute atomic E-state index is 0.334. The predicted octanol–water partition coefficient (Wildman–Crippen LogP) is 3.96. The quantitative estimate of drug-likeness (QED) is 0.487. The molecule has 0 aliphatic carbocycles. The molecule has 0 aliphatic rings. The Morgan fingerprint density at radius 1 is 1.24 bits per heavy atom. The first kappa shape index (κ1) is 17.3. The molecule has 0 saturated heterocycles. The third-order valence-corrected chi connectivity index (χ3v) is 4.55. The third kappa shape index (κ3) is 9.93. The summed E-state index contributed by atoms with van der Waals surface area (Å²) in [4.78, 5) is 0. The molecule has 0 rings (SSSR count). The van der Waals surface area contributed by atoms with E-state index in [0.717, 1.165) is 11.7 Å². The maximum Gasteiger partial charge on any atom is 0.0303 e. The molecule has 0 aromatic carbocycles. The van der Waals surface area contributed by atoms with Gasteiger partial charge in [0.2, 0.25) is 0 Å². The summed E-state index contributed by atoms with van der Waals surface area (Å²) in [6.07, 6.45) is 6.50. The van der Waals surface area contributed by atoms with Gasteiger partial charge in [-0.3, -0.25) is 11.3 Å². The van der Waals surface area contributed by atoms with Crippen LogP contribution in [-0.2, 0) is 0 Å². The van der Waals surface area contributed by atoms with E-state index in [2.05, 4.69) is 40.0 Å². The Labute approximate surface area is 112 Å². The molecule has 0 spiro atoms. The van der Waals surface area contributed by atoms with Crippen LogP contribution in [0, 0.1) is 5.92 Å². The topological polar surface area (TPSA) is 38.0 Å². The summed E-state index contributed by atoms with van der Waals surface area (Å²) >= 11 is 2.00. The molecule has 3 N–H and O–H groups in total. The molecule has 0 aliphatic heterocycles. The number of rotatable bonds is 9. The van der Waals surface area contributed by atoms with Crippen molar-refractivity contribution in [2.45, 2.75) is 77.5 Å². The van der Waals surface area contributed by atoms with Crippen molar-refractivity contribution >= 4 is 11.8 Å². The maximum atomic E-state index is 5.67. The minimum Gasteiger partial charge on any atom is -0.271 e. The van der Waals surface area contributed by atoms with Crippen molar-refractivity contribution in [2.24, 2.45) is 11.8 Å². The average molecular weight is 260 g/mol. The predicted molar refractivity (Wildman–Crippen MR) is 81.2 cm³/mol. The van der Waals surface area contributed by atoms with E-state index in [-0.39, 0.29) is 0 Å². The van der Waals surface area contributed by atoms with Gasteiger partial charge in [-0.2, -0.15) is 11.8 Å². The van der Waals surface area contributed by atoms with E-state index in [4.69, 9.17) is 5.84 Å². The van der Waals surface area contributed by atoms with Crippen molar-refractivity contribution in [2.75, 3.05) is 5.75 Å². The molecule has 0 heterocycles. The van der Waals surface area contributed by atoms with E-state index < -0.39 is 0 Å². The molecule has 2 unspecified atom stereocenters. The average Bonchev–Trinajstić information content (AvgIpc) is 2.27. The van der Waals surface area contributed by atoms with Gasteiger partial charge in [0.15, 0.2) is 0 Å². The second kappa shape index (κ2) is 9.23. The van der Waals surface area contributed by atoms with Crippen LogP contribution in [0.4, 0.5) is 0 Å². The Kier molecular flexibility index (Phi) is 9.38. The van der Waals surface area contributed by atoms with E-state index in [1.165, 1.54) is 32.1 Å². The van der Waals surface area contributed by atoms with Crippen molar-refractivity contribution in [1.29, 1.82) is 0 Å². The first-order valence-electron chi connectivity index (χ1n) is 7.03. The van der Waals surface area contributed by atoms with Crippen LogP contribution in [0.1, 0.15) is 66.7 Å². The molecule has 104 valence electrons. The Morgan fingerprint density at radius 3 is 2.29 bits per heavy atom. The number of unbranched alkanes of at least 4 members (excludes halogenated alkanes) is 1. The molecular formula is C14H32N2S. The largest absolute Gasteiger partial charge is 0.271 e. The van der Waals surface area contributed by atoms with Gasteiger partial charge in [-0.25, -0.2) is 0 Å². The highest BCUT2D eigenvalue weighted by atomic mass is 32.2. The van der Waals surface area contributed by atoms with E-state index in [9.17, 15) is 0 Å². The van der Waals surface area contributed by atoms with Crippen molar-refractivity contribution in [1.82, 2.24) is 5.43 Å². The van der Waals surface area contributed by atoms with E-state index in [1.807, 2.05) is 11.8 Å². The van der Waals surface area contributed by atoms with E-state index in [0.29, 0.717) is 10.8 Å². The lowest BCUT2D eigenvalue weighted by molar-refractivity contribution is 0.367. The number of thioether (sulfide) groups is 1.